The Morgan fingerprint density at radius 1 is 1.25 bits per heavy atom. The van der Waals surface area contributed by atoms with Crippen molar-refractivity contribution in [2.75, 3.05) is 0 Å². The summed E-state index contributed by atoms with van der Waals surface area (Å²) in [6.07, 6.45) is 3.54. The minimum atomic E-state index is 0.127. The van der Waals surface area contributed by atoms with Crippen LogP contribution in [-0.4, -0.2) is 20.8 Å². The Morgan fingerprint density at radius 3 is 2.69 bits per heavy atom. The molecule has 0 amide bonds. The molecule has 4 nitrogen and oxygen atoms in total. The zero-order valence-electron chi connectivity index (χ0n) is 8.71. The molecule has 0 N–H and O–H groups in total. The van der Waals surface area contributed by atoms with E-state index in [1.807, 2.05) is 30.3 Å². The summed E-state index contributed by atoms with van der Waals surface area (Å²) in [6.45, 7) is 0. The van der Waals surface area contributed by atoms with E-state index in [1.54, 1.807) is 6.20 Å². The minimum Gasteiger partial charge on any atom is -0.292 e. The van der Waals surface area contributed by atoms with Crippen LogP contribution in [0.3, 0.4) is 0 Å². The Bertz CT molecular complexity index is 514. The molecule has 0 atom stereocenters. The molecule has 1 aliphatic carbocycles. The number of carbonyl (C=O) groups excluding carboxylic acids is 1. The van der Waals surface area contributed by atoms with Crippen molar-refractivity contribution in [1.82, 2.24) is 15.0 Å². The Hall–Kier alpha value is -1.97. The van der Waals surface area contributed by atoms with Crippen LogP contribution in [0.2, 0.25) is 0 Å². The normalized spacial score (nSPS) is 15.0. The average Bonchev–Trinajstić information content (AvgIpc) is 3.07. The number of nitrogens with zero attached hydrogens (tertiary/aromatic N) is 3. The first-order valence-corrected chi connectivity index (χ1v) is 5.36. The lowest BCUT2D eigenvalue weighted by molar-refractivity contribution is 0.0962. The van der Waals surface area contributed by atoms with Crippen molar-refractivity contribution in [2.45, 2.75) is 12.8 Å². The summed E-state index contributed by atoms with van der Waals surface area (Å²) < 4.78 is 0. The van der Waals surface area contributed by atoms with Gasteiger partial charge in [0.15, 0.2) is 5.78 Å². The molecule has 80 valence electrons. The van der Waals surface area contributed by atoms with E-state index in [0.29, 0.717) is 5.69 Å². The van der Waals surface area contributed by atoms with Crippen molar-refractivity contribution in [3.05, 3.63) is 42.2 Å². The van der Waals surface area contributed by atoms with Gasteiger partial charge in [-0.1, -0.05) is 18.2 Å². The Balaban J connectivity index is 1.90. The van der Waals surface area contributed by atoms with Crippen LogP contribution in [0.1, 0.15) is 23.3 Å². The van der Waals surface area contributed by atoms with Crippen LogP contribution in [0.25, 0.3) is 5.69 Å². The fourth-order valence-corrected chi connectivity index (χ4v) is 1.62. The molecule has 1 fully saturated rings. The fourth-order valence-electron chi connectivity index (χ4n) is 1.62. The molecule has 2 aromatic rings. The maximum absolute atomic E-state index is 11.7. The zero-order valence-corrected chi connectivity index (χ0v) is 8.71. The lowest BCUT2D eigenvalue weighted by atomic mass is 10.2. The van der Waals surface area contributed by atoms with Crippen molar-refractivity contribution in [2.24, 2.45) is 5.92 Å². The Labute approximate surface area is 92.9 Å². The van der Waals surface area contributed by atoms with Gasteiger partial charge in [-0.3, -0.25) is 4.79 Å². The Kier molecular flexibility index (Phi) is 2.06. The zero-order chi connectivity index (χ0) is 11.0. The molecule has 1 aromatic carbocycles. The fraction of sp³-hybridized carbons (Fsp3) is 0.250. The summed E-state index contributed by atoms with van der Waals surface area (Å²) >= 11 is 0. The van der Waals surface area contributed by atoms with E-state index < -0.39 is 0 Å². The molecule has 1 aliphatic rings. The van der Waals surface area contributed by atoms with Crippen LogP contribution in [0, 0.1) is 5.92 Å². The molecule has 0 spiro atoms. The third-order valence-electron chi connectivity index (χ3n) is 2.68. The van der Waals surface area contributed by atoms with Crippen LogP contribution in [0.15, 0.2) is 36.5 Å². The average molecular weight is 213 g/mol. The second-order valence-electron chi connectivity index (χ2n) is 3.99. The summed E-state index contributed by atoms with van der Waals surface area (Å²) in [5, 5.41) is 8.30. The van der Waals surface area contributed by atoms with Crippen LogP contribution < -0.4 is 0 Å². The SMILES string of the molecule is O=C(c1cnn(-c2ccccc2)n1)C1CC1. The maximum Gasteiger partial charge on any atom is 0.187 e. The maximum atomic E-state index is 11.7. The van der Waals surface area contributed by atoms with Gasteiger partial charge in [0, 0.05) is 5.92 Å². The van der Waals surface area contributed by atoms with Gasteiger partial charge in [-0.25, -0.2) is 0 Å². The predicted octanol–water partition coefficient (Wildman–Crippen LogP) is 1.86. The number of aromatic nitrogens is 3. The molecule has 1 saturated carbocycles. The van der Waals surface area contributed by atoms with Crippen LogP contribution in [0.4, 0.5) is 0 Å². The van der Waals surface area contributed by atoms with Crippen LogP contribution in [-0.2, 0) is 0 Å². The van der Waals surface area contributed by atoms with Gasteiger partial charge in [-0.15, -0.1) is 5.10 Å². The van der Waals surface area contributed by atoms with E-state index in [2.05, 4.69) is 10.2 Å². The molecule has 4 heteroatoms. The lowest BCUT2D eigenvalue weighted by Gasteiger charge is -1.97. The highest BCUT2D eigenvalue weighted by Gasteiger charge is 2.32. The second kappa shape index (κ2) is 3.56. The number of rotatable bonds is 3. The monoisotopic (exact) mass is 213 g/mol. The molecule has 1 aromatic heterocycles. The molecule has 3 rings (SSSR count). The number of para-hydroxylation sites is 1. The first-order valence-electron chi connectivity index (χ1n) is 5.36. The largest absolute Gasteiger partial charge is 0.292 e. The molecule has 0 saturated heterocycles. The van der Waals surface area contributed by atoms with Gasteiger partial charge in [0.05, 0.1) is 11.9 Å². The third-order valence-corrected chi connectivity index (χ3v) is 2.68. The van der Waals surface area contributed by atoms with E-state index >= 15 is 0 Å². The summed E-state index contributed by atoms with van der Waals surface area (Å²) in [7, 11) is 0. The second-order valence-corrected chi connectivity index (χ2v) is 3.99. The van der Waals surface area contributed by atoms with E-state index in [4.69, 9.17) is 0 Å². The third kappa shape index (κ3) is 1.62. The lowest BCUT2D eigenvalue weighted by Crippen LogP contribution is -2.04. The van der Waals surface area contributed by atoms with E-state index in [1.165, 1.54) is 4.80 Å². The number of benzene rings is 1. The summed E-state index contributed by atoms with van der Waals surface area (Å²) in [5.74, 6) is 0.322. The van der Waals surface area contributed by atoms with Gasteiger partial charge in [-0.2, -0.15) is 9.90 Å². The van der Waals surface area contributed by atoms with Crippen molar-refractivity contribution < 1.29 is 4.79 Å². The van der Waals surface area contributed by atoms with Crippen molar-refractivity contribution in [3.63, 3.8) is 0 Å². The van der Waals surface area contributed by atoms with Gasteiger partial charge >= 0.3 is 0 Å². The first-order chi connectivity index (χ1) is 7.84. The highest BCUT2D eigenvalue weighted by molar-refractivity contribution is 5.97. The van der Waals surface area contributed by atoms with E-state index in [0.717, 1.165) is 18.5 Å². The standard InChI is InChI=1S/C12H11N3O/c16-12(9-6-7-9)11-8-13-15(14-11)10-4-2-1-3-5-10/h1-5,8-9H,6-7H2. The summed E-state index contributed by atoms with van der Waals surface area (Å²) in [5.41, 5.74) is 1.35. The van der Waals surface area contributed by atoms with Gasteiger partial charge in [-0.05, 0) is 25.0 Å². The summed E-state index contributed by atoms with van der Waals surface area (Å²) in [4.78, 5) is 13.2. The van der Waals surface area contributed by atoms with E-state index in [9.17, 15) is 4.79 Å². The quantitative estimate of drug-likeness (QED) is 0.731. The highest BCUT2D eigenvalue weighted by atomic mass is 16.1. The number of ketones is 1. The van der Waals surface area contributed by atoms with Crippen molar-refractivity contribution in [3.8, 4) is 5.69 Å². The van der Waals surface area contributed by atoms with Crippen LogP contribution >= 0.6 is 0 Å². The molecule has 1 heterocycles. The molecular formula is C12H11N3O. The molecule has 16 heavy (non-hydrogen) atoms. The smallest absolute Gasteiger partial charge is 0.187 e. The number of carbonyl (C=O) groups is 1. The highest BCUT2D eigenvalue weighted by Crippen LogP contribution is 2.31. The number of hydrogen-bond acceptors (Lipinski definition) is 3. The van der Waals surface area contributed by atoms with Gasteiger partial charge in [0.2, 0.25) is 0 Å². The minimum absolute atomic E-state index is 0.127. The van der Waals surface area contributed by atoms with E-state index in [-0.39, 0.29) is 11.7 Å². The predicted molar refractivity (Wildman–Crippen MR) is 58.4 cm³/mol. The van der Waals surface area contributed by atoms with Crippen LogP contribution in [0.5, 0.6) is 0 Å². The summed E-state index contributed by atoms with van der Waals surface area (Å²) in [6, 6.07) is 9.59. The molecule has 0 bridgehead atoms. The molecular weight excluding hydrogens is 202 g/mol. The van der Waals surface area contributed by atoms with Gasteiger partial charge < -0.3 is 0 Å². The van der Waals surface area contributed by atoms with Crippen molar-refractivity contribution >= 4 is 5.78 Å². The molecule has 0 unspecified atom stereocenters. The van der Waals surface area contributed by atoms with Gasteiger partial charge in [0.25, 0.3) is 0 Å². The van der Waals surface area contributed by atoms with Crippen molar-refractivity contribution in [1.29, 1.82) is 0 Å². The first kappa shape index (κ1) is 9.27. The topological polar surface area (TPSA) is 47.8 Å². The number of hydrogen-bond donors (Lipinski definition) is 0. The molecule has 0 radical (unpaired) electrons. The Morgan fingerprint density at radius 2 is 2.00 bits per heavy atom. The van der Waals surface area contributed by atoms with Gasteiger partial charge in [0.1, 0.15) is 5.69 Å². The number of Topliss-reactive ketones (excluding diaryl/α,β-unsaturated/α-hetero) is 1. The molecule has 0 aliphatic heterocycles.